The number of aromatic nitrogens is 1. The maximum atomic E-state index is 12.5. The lowest BCUT2D eigenvalue weighted by Crippen LogP contribution is -2.39. The summed E-state index contributed by atoms with van der Waals surface area (Å²) in [5, 5.41) is 3.23. The fraction of sp³-hybridized carbons (Fsp3) is 0.333. The summed E-state index contributed by atoms with van der Waals surface area (Å²) in [5.74, 6) is 1.62. The van der Waals surface area contributed by atoms with Crippen molar-refractivity contribution in [3.05, 3.63) is 58.9 Å². The predicted octanol–water partition coefficient (Wildman–Crippen LogP) is 5.35. The van der Waals surface area contributed by atoms with E-state index >= 15 is 0 Å². The Morgan fingerprint density at radius 3 is 2.87 bits per heavy atom. The van der Waals surface area contributed by atoms with Crippen LogP contribution in [0, 0.1) is 0 Å². The highest BCUT2D eigenvalue weighted by atomic mass is 32.1. The maximum Gasteiger partial charge on any atom is 0.265 e. The summed E-state index contributed by atoms with van der Waals surface area (Å²) in [6.07, 6.45) is 3.82. The SMILES string of the molecule is CCCc1nc(-c2ccc3c(c2)N(CCCCOc2ccccc2)C(=O)CO3)cs1. The van der Waals surface area contributed by atoms with Crippen LogP contribution < -0.4 is 14.4 Å². The van der Waals surface area contributed by atoms with Gasteiger partial charge in [0.05, 0.1) is 23.0 Å². The molecule has 5 nitrogen and oxygen atoms in total. The molecular weight excluding hydrogens is 396 g/mol. The van der Waals surface area contributed by atoms with E-state index in [1.165, 1.54) is 0 Å². The van der Waals surface area contributed by atoms with Crippen LogP contribution in [-0.2, 0) is 11.2 Å². The van der Waals surface area contributed by atoms with E-state index in [1.54, 1.807) is 11.3 Å². The van der Waals surface area contributed by atoms with Gasteiger partial charge in [0.1, 0.15) is 11.5 Å². The van der Waals surface area contributed by atoms with Crippen molar-refractivity contribution in [2.75, 3.05) is 24.7 Å². The van der Waals surface area contributed by atoms with E-state index < -0.39 is 0 Å². The van der Waals surface area contributed by atoms with Crippen LogP contribution in [0.15, 0.2) is 53.9 Å². The number of aryl methyl sites for hydroxylation is 1. The van der Waals surface area contributed by atoms with Gasteiger partial charge in [0.25, 0.3) is 5.91 Å². The first-order chi connectivity index (χ1) is 14.7. The Morgan fingerprint density at radius 1 is 1.17 bits per heavy atom. The van der Waals surface area contributed by atoms with Crippen molar-refractivity contribution in [3.63, 3.8) is 0 Å². The van der Waals surface area contributed by atoms with Gasteiger partial charge in [-0.25, -0.2) is 4.98 Å². The first-order valence-electron chi connectivity index (χ1n) is 10.4. The quantitative estimate of drug-likeness (QED) is 0.436. The number of unbranched alkanes of at least 4 members (excludes halogenated alkanes) is 1. The van der Waals surface area contributed by atoms with Gasteiger partial charge in [0.2, 0.25) is 0 Å². The molecule has 0 aliphatic carbocycles. The van der Waals surface area contributed by atoms with Gasteiger partial charge in [-0.05, 0) is 56.0 Å². The average Bonchev–Trinajstić information content (AvgIpc) is 3.24. The van der Waals surface area contributed by atoms with Crippen molar-refractivity contribution < 1.29 is 14.3 Å². The summed E-state index contributed by atoms with van der Waals surface area (Å²) in [7, 11) is 0. The number of ether oxygens (including phenoxy) is 2. The Bertz CT molecular complexity index is 987. The Hall–Kier alpha value is -2.86. The number of nitrogens with zero attached hydrogens (tertiary/aromatic N) is 2. The minimum atomic E-state index is -0.00595. The molecule has 0 N–H and O–H groups in total. The number of anilines is 1. The third-order valence-electron chi connectivity index (χ3n) is 5.00. The minimum absolute atomic E-state index is 0.00595. The van der Waals surface area contributed by atoms with E-state index in [0.717, 1.165) is 59.1 Å². The molecule has 0 radical (unpaired) electrons. The molecule has 2 heterocycles. The molecule has 30 heavy (non-hydrogen) atoms. The van der Waals surface area contributed by atoms with E-state index in [-0.39, 0.29) is 12.5 Å². The van der Waals surface area contributed by atoms with Crippen molar-refractivity contribution in [2.24, 2.45) is 0 Å². The lowest BCUT2D eigenvalue weighted by Gasteiger charge is -2.29. The Kier molecular flexibility index (Phi) is 6.64. The highest BCUT2D eigenvalue weighted by molar-refractivity contribution is 7.09. The van der Waals surface area contributed by atoms with Crippen LogP contribution in [0.5, 0.6) is 11.5 Å². The number of benzene rings is 2. The maximum absolute atomic E-state index is 12.5. The highest BCUT2D eigenvalue weighted by Gasteiger charge is 2.25. The summed E-state index contributed by atoms with van der Waals surface area (Å²) in [4.78, 5) is 19.1. The predicted molar refractivity (Wildman–Crippen MR) is 121 cm³/mol. The van der Waals surface area contributed by atoms with Gasteiger partial charge < -0.3 is 14.4 Å². The third-order valence-corrected chi connectivity index (χ3v) is 5.91. The minimum Gasteiger partial charge on any atom is -0.494 e. The van der Waals surface area contributed by atoms with Crippen LogP contribution in [0.25, 0.3) is 11.3 Å². The number of carbonyl (C=O) groups is 1. The van der Waals surface area contributed by atoms with E-state index in [9.17, 15) is 4.79 Å². The number of amides is 1. The zero-order valence-electron chi connectivity index (χ0n) is 17.2. The molecule has 0 saturated carbocycles. The lowest BCUT2D eigenvalue weighted by atomic mass is 10.1. The fourth-order valence-electron chi connectivity index (χ4n) is 3.46. The molecule has 0 fully saturated rings. The molecule has 0 atom stereocenters. The average molecular weight is 423 g/mol. The van der Waals surface area contributed by atoms with Crippen LogP contribution in [0.2, 0.25) is 0 Å². The van der Waals surface area contributed by atoms with E-state index in [1.807, 2.05) is 53.4 Å². The Morgan fingerprint density at radius 2 is 2.03 bits per heavy atom. The molecule has 2 aromatic carbocycles. The number of fused-ring (bicyclic) bond motifs is 1. The molecule has 6 heteroatoms. The van der Waals surface area contributed by atoms with Gasteiger partial charge in [0, 0.05) is 17.5 Å². The van der Waals surface area contributed by atoms with Crippen LogP contribution in [0.1, 0.15) is 31.2 Å². The van der Waals surface area contributed by atoms with Gasteiger partial charge in [0.15, 0.2) is 6.61 Å². The second kappa shape index (κ2) is 9.76. The van der Waals surface area contributed by atoms with Gasteiger partial charge in [-0.15, -0.1) is 11.3 Å². The van der Waals surface area contributed by atoms with Gasteiger partial charge >= 0.3 is 0 Å². The smallest absolute Gasteiger partial charge is 0.265 e. The molecule has 0 bridgehead atoms. The Labute approximate surface area is 181 Å². The summed E-state index contributed by atoms with van der Waals surface area (Å²) in [6, 6.07) is 15.8. The Balaban J connectivity index is 1.41. The molecule has 1 aliphatic rings. The largest absolute Gasteiger partial charge is 0.494 e. The van der Waals surface area contributed by atoms with Crippen molar-refractivity contribution in [1.29, 1.82) is 0 Å². The molecule has 156 valence electrons. The third kappa shape index (κ3) is 4.82. The van der Waals surface area contributed by atoms with Crippen LogP contribution >= 0.6 is 11.3 Å². The molecule has 1 amide bonds. The standard InChI is InChI=1S/C24H26N2O3S/c1-2-8-23-25-20(17-30-23)18-11-12-22-21(15-18)26(24(27)16-29-22)13-6-7-14-28-19-9-4-3-5-10-19/h3-5,9-12,15,17H,2,6-8,13-14,16H2,1H3. The number of carbonyl (C=O) groups excluding carboxylic acids is 1. The van der Waals surface area contributed by atoms with Crippen molar-refractivity contribution >= 4 is 22.9 Å². The number of para-hydroxylation sites is 1. The summed E-state index contributed by atoms with van der Waals surface area (Å²) in [6.45, 7) is 3.53. The number of thiazole rings is 1. The number of hydrogen-bond acceptors (Lipinski definition) is 5. The second-order valence-electron chi connectivity index (χ2n) is 7.26. The van der Waals surface area contributed by atoms with Crippen LogP contribution in [0.3, 0.4) is 0 Å². The zero-order chi connectivity index (χ0) is 20.8. The van der Waals surface area contributed by atoms with Gasteiger partial charge in [-0.2, -0.15) is 0 Å². The molecule has 1 aliphatic heterocycles. The van der Waals surface area contributed by atoms with Crippen molar-refractivity contribution in [1.82, 2.24) is 4.98 Å². The number of rotatable bonds is 9. The monoisotopic (exact) mass is 422 g/mol. The molecule has 0 saturated heterocycles. The van der Waals surface area contributed by atoms with Gasteiger partial charge in [-0.1, -0.05) is 25.1 Å². The second-order valence-corrected chi connectivity index (χ2v) is 8.20. The molecule has 3 aromatic rings. The number of hydrogen-bond donors (Lipinski definition) is 0. The summed E-state index contributed by atoms with van der Waals surface area (Å²) >= 11 is 1.69. The van der Waals surface area contributed by atoms with Crippen molar-refractivity contribution in [3.8, 4) is 22.8 Å². The highest BCUT2D eigenvalue weighted by Crippen LogP contribution is 2.36. The first kappa shape index (κ1) is 20.4. The molecule has 0 spiro atoms. The normalized spacial score (nSPS) is 13.1. The van der Waals surface area contributed by atoms with E-state index in [4.69, 9.17) is 14.5 Å². The van der Waals surface area contributed by atoms with Crippen LogP contribution in [0.4, 0.5) is 5.69 Å². The fourth-order valence-corrected chi connectivity index (χ4v) is 4.37. The van der Waals surface area contributed by atoms with Crippen LogP contribution in [-0.4, -0.2) is 30.6 Å². The zero-order valence-corrected chi connectivity index (χ0v) is 18.0. The molecular formula is C24H26N2O3S. The van der Waals surface area contributed by atoms with E-state index in [0.29, 0.717) is 13.2 Å². The molecule has 4 rings (SSSR count). The summed E-state index contributed by atoms with van der Waals surface area (Å²) < 4.78 is 11.4. The van der Waals surface area contributed by atoms with Crippen molar-refractivity contribution in [2.45, 2.75) is 32.6 Å². The van der Waals surface area contributed by atoms with Gasteiger partial charge in [-0.3, -0.25) is 4.79 Å². The molecule has 1 aromatic heterocycles. The topological polar surface area (TPSA) is 51.7 Å². The van der Waals surface area contributed by atoms with E-state index in [2.05, 4.69) is 12.3 Å². The first-order valence-corrected chi connectivity index (χ1v) is 11.3. The molecule has 0 unspecified atom stereocenters. The summed E-state index contributed by atoms with van der Waals surface area (Å²) in [5.41, 5.74) is 2.81. The lowest BCUT2D eigenvalue weighted by molar-refractivity contribution is -0.121.